The largest absolute Gasteiger partial charge is 0.351 e. The maximum Gasteiger partial charge on any atom is 0.258 e. The van der Waals surface area contributed by atoms with E-state index in [0.29, 0.717) is 27.8 Å². The minimum absolute atomic E-state index is 0.320. The standard InChI is InChI=1S/C24H24ClFN4OS/c1-14(2)10-11-30-15(3)20(21(27-24(30)32)16-6-5-9-19(26)13-16)23-28-22(29-31-23)17-7-4-8-18(25)12-17/h4-9,12-14,21H,10-11H2,1-3H3,(H,27,32). The van der Waals surface area contributed by atoms with Gasteiger partial charge in [-0.1, -0.05) is 54.9 Å². The fourth-order valence-electron chi connectivity index (χ4n) is 3.73. The quantitative estimate of drug-likeness (QED) is 0.430. The third kappa shape index (κ3) is 4.69. The minimum Gasteiger partial charge on any atom is -0.351 e. The normalized spacial score (nSPS) is 16.6. The Labute approximate surface area is 197 Å². The maximum absolute atomic E-state index is 14.0. The number of hydrogen-bond donors (Lipinski definition) is 1. The van der Waals surface area contributed by atoms with Gasteiger partial charge in [0.2, 0.25) is 5.82 Å². The number of hydrogen-bond acceptors (Lipinski definition) is 4. The van der Waals surface area contributed by atoms with E-state index in [2.05, 4.69) is 29.3 Å². The molecular weight excluding hydrogens is 447 g/mol. The molecule has 1 aromatic heterocycles. The van der Waals surface area contributed by atoms with Gasteiger partial charge in [0.05, 0.1) is 11.6 Å². The molecule has 0 saturated carbocycles. The Bertz CT molecular complexity index is 1180. The van der Waals surface area contributed by atoms with E-state index in [1.165, 1.54) is 12.1 Å². The lowest BCUT2D eigenvalue weighted by Gasteiger charge is -2.37. The summed E-state index contributed by atoms with van der Waals surface area (Å²) in [5.74, 6) is 0.992. The molecule has 4 rings (SSSR count). The second-order valence-corrected chi connectivity index (χ2v) is 9.03. The molecule has 0 fully saturated rings. The molecule has 3 aromatic rings. The lowest BCUT2D eigenvalue weighted by Crippen LogP contribution is -2.46. The molecule has 1 N–H and O–H groups in total. The number of thiocarbonyl (C=S) groups is 1. The molecule has 2 heterocycles. The van der Waals surface area contributed by atoms with Crippen molar-refractivity contribution in [2.45, 2.75) is 33.2 Å². The monoisotopic (exact) mass is 470 g/mol. The van der Waals surface area contributed by atoms with Crippen molar-refractivity contribution in [2.75, 3.05) is 6.54 Å². The number of aromatic nitrogens is 2. The van der Waals surface area contributed by atoms with Crippen molar-refractivity contribution in [3.05, 3.63) is 76.5 Å². The predicted molar refractivity (Wildman–Crippen MR) is 128 cm³/mol. The first-order valence-corrected chi connectivity index (χ1v) is 11.3. The molecule has 1 unspecified atom stereocenters. The number of nitrogens with one attached hydrogen (secondary N) is 1. The summed E-state index contributed by atoms with van der Waals surface area (Å²) in [4.78, 5) is 6.70. The Morgan fingerprint density at radius 1 is 1.22 bits per heavy atom. The fraction of sp³-hybridized carbons (Fsp3) is 0.292. The highest BCUT2D eigenvalue weighted by Crippen LogP contribution is 2.37. The Morgan fingerprint density at radius 3 is 2.72 bits per heavy atom. The van der Waals surface area contributed by atoms with E-state index in [9.17, 15) is 4.39 Å². The minimum atomic E-state index is -0.416. The lowest BCUT2D eigenvalue weighted by molar-refractivity contribution is 0.390. The van der Waals surface area contributed by atoms with Crippen LogP contribution in [0.15, 0.2) is 58.8 Å². The number of nitrogens with zero attached hydrogens (tertiary/aromatic N) is 3. The highest BCUT2D eigenvalue weighted by Gasteiger charge is 2.34. The van der Waals surface area contributed by atoms with Gasteiger partial charge < -0.3 is 14.7 Å². The van der Waals surface area contributed by atoms with Crippen molar-refractivity contribution < 1.29 is 8.91 Å². The average molecular weight is 471 g/mol. The summed E-state index contributed by atoms with van der Waals surface area (Å²) in [6.07, 6.45) is 0.967. The third-order valence-electron chi connectivity index (χ3n) is 5.45. The van der Waals surface area contributed by atoms with Crippen LogP contribution < -0.4 is 5.32 Å². The zero-order valence-electron chi connectivity index (χ0n) is 18.1. The van der Waals surface area contributed by atoms with Gasteiger partial charge in [0.15, 0.2) is 5.11 Å². The van der Waals surface area contributed by atoms with Gasteiger partial charge in [-0.2, -0.15) is 4.98 Å². The maximum atomic E-state index is 14.0. The zero-order valence-corrected chi connectivity index (χ0v) is 19.7. The Balaban J connectivity index is 1.80. The lowest BCUT2D eigenvalue weighted by atomic mass is 9.94. The summed E-state index contributed by atoms with van der Waals surface area (Å²) < 4.78 is 19.7. The summed E-state index contributed by atoms with van der Waals surface area (Å²) in [6.45, 7) is 7.08. The van der Waals surface area contributed by atoms with Crippen LogP contribution in [-0.4, -0.2) is 26.7 Å². The predicted octanol–water partition coefficient (Wildman–Crippen LogP) is 6.24. The van der Waals surface area contributed by atoms with Crippen LogP contribution in [0, 0.1) is 11.7 Å². The van der Waals surface area contributed by atoms with Gasteiger partial charge in [-0.25, -0.2) is 4.39 Å². The summed E-state index contributed by atoms with van der Waals surface area (Å²) >= 11 is 11.8. The van der Waals surface area contributed by atoms with Crippen LogP contribution in [0.4, 0.5) is 4.39 Å². The van der Waals surface area contributed by atoms with E-state index in [-0.39, 0.29) is 5.82 Å². The van der Waals surface area contributed by atoms with Gasteiger partial charge in [-0.3, -0.25) is 0 Å². The Hall–Kier alpha value is -2.77. The molecule has 5 nitrogen and oxygen atoms in total. The molecule has 0 aliphatic carbocycles. The Morgan fingerprint density at radius 2 is 2.00 bits per heavy atom. The van der Waals surface area contributed by atoms with Crippen molar-refractivity contribution in [3.63, 3.8) is 0 Å². The first-order valence-electron chi connectivity index (χ1n) is 10.5. The molecule has 8 heteroatoms. The van der Waals surface area contributed by atoms with Crippen molar-refractivity contribution in [3.8, 4) is 11.4 Å². The van der Waals surface area contributed by atoms with Crippen LogP contribution in [0.2, 0.25) is 5.02 Å². The Kier molecular flexibility index (Phi) is 6.58. The van der Waals surface area contributed by atoms with Crippen molar-refractivity contribution in [1.82, 2.24) is 20.4 Å². The van der Waals surface area contributed by atoms with Crippen LogP contribution in [0.1, 0.15) is 44.7 Å². The highest BCUT2D eigenvalue weighted by molar-refractivity contribution is 7.80. The van der Waals surface area contributed by atoms with E-state index in [0.717, 1.165) is 35.4 Å². The number of rotatable bonds is 6. The molecule has 32 heavy (non-hydrogen) atoms. The van der Waals surface area contributed by atoms with Gasteiger partial charge in [-0.15, -0.1) is 0 Å². The van der Waals surface area contributed by atoms with E-state index >= 15 is 0 Å². The fourth-order valence-corrected chi connectivity index (χ4v) is 4.27. The molecule has 1 aliphatic heterocycles. The second-order valence-electron chi connectivity index (χ2n) is 8.20. The first-order chi connectivity index (χ1) is 15.3. The van der Waals surface area contributed by atoms with E-state index in [1.54, 1.807) is 18.2 Å². The number of halogens is 2. The third-order valence-corrected chi connectivity index (χ3v) is 6.02. The van der Waals surface area contributed by atoms with Gasteiger partial charge in [0.25, 0.3) is 5.89 Å². The van der Waals surface area contributed by atoms with Gasteiger partial charge in [0, 0.05) is 22.8 Å². The van der Waals surface area contributed by atoms with Gasteiger partial charge >= 0.3 is 0 Å². The van der Waals surface area contributed by atoms with Crippen molar-refractivity contribution in [1.29, 1.82) is 0 Å². The van der Waals surface area contributed by atoms with Crippen molar-refractivity contribution >= 4 is 34.5 Å². The highest BCUT2D eigenvalue weighted by atomic mass is 35.5. The van der Waals surface area contributed by atoms with Crippen LogP contribution in [0.5, 0.6) is 0 Å². The summed E-state index contributed by atoms with van der Waals surface area (Å²) in [6, 6.07) is 13.3. The average Bonchev–Trinajstić information content (AvgIpc) is 3.22. The molecule has 0 spiro atoms. The molecule has 1 atom stereocenters. The van der Waals surface area contributed by atoms with Gasteiger partial charge in [-0.05, 0) is 61.3 Å². The molecule has 0 amide bonds. The second kappa shape index (κ2) is 9.38. The molecule has 2 aromatic carbocycles. The summed E-state index contributed by atoms with van der Waals surface area (Å²) in [7, 11) is 0. The van der Waals surface area contributed by atoms with E-state index in [1.807, 2.05) is 30.0 Å². The number of allylic oxidation sites excluding steroid dienone is 1. The zero-order chi connectivity index (χ0) is 22.8. The molecule has 0 radical (unpaired) electrons. The van der Waals surface area contributed by atoms with Crippen LogP contribution in [0.25, 0.3) is 17.0 Å². The van der Waals surface area contributed by atoms with Gasteiger partial charge in [0.1, 0.15) is 5.82 Å². The van der Waals surface area contributed by atoms with Crippen molar-refractivity contribution in [2.24, 2.45) is 5.92 Å². The molecular formula is C24H24ClFN4OS. The first kappa shape index (κ1) is 22.4. The molecule has 166 valence electrons. The number of benzene rings is 2. The molecule has 0 saturated heterocycles. The molecule has 1 aliphatic rings. The van der Waals surface area contributed by atoms with Crippen LogP contribution >= 0.6 is 23.8 Å². The van der Waals surface area contributed by atoms with Crippen LogP contribution in [0.3, 0.4) is 0 Å². The smallest absolute Gasteiger partial charge is 0.258 e. The van der Waals surface area contributed by atoms with E-state index < -0.39 is 6.04 Å². The topological polar surface area (TPSA) is 54.2 Å². The SMILES string of the molecule is CC1=C(c2nc(-c3cccc(Cl)c3)no2)C(c2cccc(F)c2)NC(=S)N1CCC(C)C. The van der Waals surface area contributed by atoms with Crippen LogP contribution in [-0.2, 0) is 0 Å². The molecule has 0 bridgehead atoms. The summed E-state index contributed by atoms with van der Waals surface area (Å²) in [5, 5.41) is 8.71. The van der Waals surface area contributed by atoms with E-state index in [4.69, 9.17) is 28.3 Å². The summed E-state index contributed by atoms with van der Waals surface area (Å²) in [5.41, 5.74) is 3.16.